The second kappa shape index (κ2) is 6.10. The fourth-order valence-electron chi connectivity index (χ4n) is 1.80. The lowest BCUT2D eigenvalue weighted by molar-refractivity contribution is -0.122. The maximum Gasteiger partial charge on any atom is 0.251 e. The van der Waals surface area contributed by atoms with Crippen LogP contribution in [0, 0.1) is 12.8 Å². The number of hydrogen-bond donors (Lipinski definition) is 3. The molecule has 0 heterocycles. The molecule has 5 heteroatoms. The summed E-state index contributed by atoms with van der Waals surface area (Å²) in [5.41, 5.74) is 1.54. The normalized spacial score (nSPS) is 14.0. The van der Waals surface area contributed by atoms with Crippen molar-refractivity contribution < 1.29 is 9.59 Å². The Morgan fingerprint density at radius 3 is 2.63 bits per heavy atom. The Balaban J connectivity index is 1.77. The second-order valence-corrected chi connectivity index (χ2v) is 5.34. The molecule has 19 heavy (non-hydrogen) atoms. The standard InChI is InChI=1S/C14H18N2O2S/c1-9-2-5-11(19)8-12(9)14(18)16-7-6-15-13(17)10-3-4-10/h2,5,8,10,19H,3-4,6-7H2,1H3,(H,15,17)(H,16,18). The monoisotopic (exact) mass is 278 g/mol. The SMILES string of the molecule is Cc1ccc(S)cc1C(=O)NCCNC(=O)C1CC1. The molecule has 1 aromatic rings. The number of benzene rings is 1. The topological polar surface area (TPSA) is 58.2 Å². The van der Waals surface area contributed by atoms with Crippen LogP contribution in [0.5, 0.6) is 0 Å². The van der Waals surface area contributed by atoms with Gasteiger partial charge in [-0.3, -0.25) is 9.59 Å². The molecule has 1 aliphatic rings. The molecule has 0 saturated heterocycles. The van der Waals surface area contributed by atoms with Gasteiger partial charge in [0.05, 0.1) is 0 Å². The summed E-state index contributed by atoms with van der Waals surface area (Å²) >= 11 is 4.22. The molecule has 0 atom stereocenters. The van der Waals surface area contributed by atoms with Crippen LogP contribution in [0.1, 0.15) is 28.8 Å². The zero-order valence-corrected chi connectivity index (χ0v) is 11.8. The summed E-state index contributed by atoms with van der Waals surface area (Å²) in [5, 5.41) is 5.60. The fourth-order valence-corrected chi connectivity index (χ4v) is 2.01. The van der Waals surface area contributed by atoms with Crippen LogP contribution >= 0.6 is 12.6 Å². The lowest BCUT2D eigenvalue weighted by atomic mass is 10.1. The molecule has 0 aromatic heterocycles. The first-order valence-corrected chi connectivity index (χ1v) is 6.88. The Labute approximate surface area is 118 Å². The summed E-state index contributed by atoms with van der Waals surface area (Å²) in [6, 6.07) is 5.47. The van der Waals surface area contributed by atoms with Gasteiger partial charge in [0, 0.05) is 29.5 Å². The van der Waals surface area contributed by atoms with E-state index in [2.05, 4.69) is 23.3 Å². The van der Waals surface area contributed by atoms with E-state index in [0.29, 0.717) is 18.7 Å². The third-order valence-corrected chi connectivity index (χ3v) is 3.40. The number of amides is 2. The number of nitrogens with one attached hydrogen (secondary N) is 2. The summed E-state index contributed by atoms with van der Waals surface area (Å²) < 4.78 is 0. The zero-order chi connectivity index (χ0) is 13.8. The van der Waals surface area contributed by atoms with Gasteiger partial charge in [0.1, 0.15) is 0 Å². The van der Waals surface area contributed by atoms with Crippen LogP contribution in [0.3, 0.4) is 0 Å². The highest BCUT2D eigenvalue weighted by Crippen LogP contribution is 2.28. The van der Waals surface area contributed by atoms with Crippen molar-refractivity contribution in [2.45, 2.75) is 24.7 Å². The molecule has 2 amide bonds. The van der Waals surface area contributed by atoms with Crippen molar-refractivity contribution in [3.05, 3.63) is 29.3 Å². The van der Waals surface area contributed by atoms with Gasteiger partial charge >= 0.3 is 0 Å². The molecule has 1 saturated carbocycles. The number of carbonyl (C=O) groups is 2. The van der Waals surface area contributed by atoms with Gasteiger partial charge in [-0.1, -0.05) is 6.07 Å². The van der Waals surface area contributed by atoms with E-state index in [-0.39, 0.29) is 17.7 Å². The maximum absolute atomic E-state index is 12.0. The Morgan fingerprint density at radius 1 is 1.26 bits per heavy atom. The summed E-state index contributed by atoms with van der Waals surface area (Å²) in [4.78, 5) is 24.1. The van der Waals surface area contributed by atoms with E-state index in [0.717, 1.165) is 23.3 Å². The number of rotatable bonds is 5. The highest BCUT2D eigenvalue weighted by Gasteiger charge is 2.28. The lowest BCUT2D eigenvalue weighted by Crippen LogP contribution is -2.35. The second-order valence-electron chi connectivity index (χ2n) is 4.82. The van der Waals surface area contributed by atoms with Gasteiger partial charge in [-0.05, 0) is 37.5 Å². The number of hydrogen-bond acceptors (Lipinski definition) is 3. The van der Waals surface area contributed by atoms with Crippen LogP contribution < -0.4 is 10.6 Å². The van der Waals surface area contributed by atoms with Crippen LogP contribution in [0.2, 0.25) is 0 Å². The summed E-state index contributed by atoms with van der Waals surface area (Å²) in [6.45, 7) is 2.80. The minimum atomic E-state index is -0.130. The average Bonchev–Trinajstić information content (AvgIpc) is 3.21. The fraction of sp³-hybridized carbons (Fsp3) is 0.429. The zero-order valence-electron chi connectivity index (χ0n) is 10.9. The van der Waals surface area contributed by atoms with E-state index in [4.69, 9.17) is 0 Å². The highest BCUT2D eigenvalue weighted by atomic mass is 32.1. The Bertz CT molecular complexity index is 498. The third kappa shape index (κ3) is 3.99. The van der Waals surface area contributed by atoms with Crippen LogP contribution in [0.4, 0.5) is 0 Å². The summed E-state index contributed by atoms with van der Waals surface area (Å²) in [6.07, 6.45) is 1.98. The van der Waals surface area contributed by atoms with E-state index < -0.39 is 0 Å². The van der Waals surface area contributed by atoms with E-state index >= 15 is 0 Å². The minimum absolute atomic E-state index is 0.0998. The van der Waals surface area contributed by atoms with Crippen molar-refractivity contribution in [3.63, 3.8) is 0 Å². The molecule has 1 aliphatic carbocycles. The number of thiol groups is 1. The van der Waals surface area contributed by atoms with Crippen molar-refractivity contribution in [2.75, 3.05) is 13.1 Å². The summed E-state index contributed by atoms with van der Waals surface area (Å²) in [7, 11) is 0. The van der Waals surface area contributed by atoms with Gasteiger partial charge in [-0.2, -0.15) is 0 Å². The van der Waals surface area contributed by atoms with Crippen molar-refractivity contribution in [3.8, 4) is 0 Å². The predicted molar refractivity (Wildman–Crippen MR) is 76.5 cm³/mol. The molecule has 0 radical (unpaired) electrons. The van der Waals surface area contributed by atoms with Crippen LogP contribution in [-0.4, -0.2) is 24.9 Å². The molecular weight excluding hydrogens is 260 g/mol. The molecule has 0 bridgehead atoms. The molecule has 1 aromatic carbocycles. The molecule has 2 rings (SSSR count). The van der Waals surface area contributed by atoms with Crippen molar-refractivity contribution in [1.82, 2.24) is 10.6 Å². The Morgan fingerprint density at radius 2 is 1.95 bits per heavy atom. The third-order valence-electron chi connectivity index (χ3n) is 3.12. The van der Waals surface area contributed by atoms with Crippen molar-refractivity contribution >= 4 is 24.4 Å². The molecule has 0 spiro atoms. The van der Waals surface area contributed by atoms with Crippen molar-refractivity contribution in [1.29, 1.82) is 0 Å². The minimum Gasteiger partial charge on any atom is -0.354 e. The maximum atomic E-state index is 12.0. The van der Waals surface area contributed by atoms with Gasteiger partial charge in [0.15, 0.2) is 0 Å². The van der Waals surface area contributed by atoms with E-state index in [1.807, 2.05) is 19.1 Å². The quantitative estimate of drug-likeness (QED) is 0.565. The van der Waals surface area contributed by atoms with Gasteiger partial charge in [-0.25, -0.2) is 0 Å². The van der Waals surface area contributed by atoms with Crippen LogP contribution in [0.25, 0.3) is 0 Å². The van der Waals surface area contributed by atoms with Crippen LogP contribution in [0.15, 0.2) is 23.1 Å². The Hall–Kier alpha value is -1.49. The van der Waals surface area contributed by atoms with Gasteiger partial charge < -0.3 is 10.6 Å². The molecular formula is C14H18N2O2S. The van der Waals surface area contributed by atoms with Gasteiger partial charge in [-0.15, -0.1) is 12.6 Å². The smallest absolute Gasteiger partial charge is 0.251 e. The van der Waals surface area contributed by atoms with E-state index in [9.17, 15) is 9.59 Å². The number of aryl methyl sites for hydroxylation is 1. The van der Waals surface area contributed by atoms with E-state index in [1.54, 1.807) is 6.07 Å². The van der Waals surface area contributed by atoms with Gasteiger partial charge in [0.2, 0.25) is 5.91 Å². The lowest BCUT2D eigenvalue weighted by Gasteiger charge is -2.09. The first-order chi connectivity index (χ1) is 9.08. The largest absolute Gasteiger partial charge is 0.354 e. The Kier molecular flexibility index (Phi) is 4.47. The molecule has 0 unspecified atom stereocenters. The molecule has 2 N–H and O–H groups in total. The average molecular weight is 278 g/mol. The first kappa shape index (κ1) is 13.9. The molecule has 0 aliphatic heterocycles. The van der Waals surface area contributed by atoms with Gasteiger partial charge in [0.25, 0.3) is 5.91 Å². The summed E-state index contributed by atoms with van der Waals surface area (Å²) in [5.74, 6) is 0.177. The van der Waals surface area contributed by atoms with Crippen molar-refractivity contribution in [2.24, 2.45) is 5.92 Å². The first-order valence-electron chi connectivity index (χ1n) is 6.43. The molecule has 102 valence electrons. The highest BCUT2D eigenvalue weighted by molar-refractivity contribution is 7.80. The number of carbonyl (C=O) groups excluding carboxylic acids is 2. The van der Waals surface area contributed by atoms with E-state index in [1.165, 1.54) is 0 Å². The van der Waals surface area contributed by atoms with Crippen LogP contribution in [-0.2, 0) is 4.79 Å². The molecule has 4 nitrogen and oxygen atoms in total. The molecule has 1 fully saturated rings. The predicted octanol–water partition coefficient (Wildman–Crippen LogP) is 1.54.